The van der Waals surface area contributed by atoms with Gasteiger partial charge in [0.05, 0.1) is 12.6 Å². The summed E-state index contributed by atoms with van der Waals surface area (Å²) in [5.74, 6) is 1.53. The van der Waals surface area contributed by atoms with Crippen LogP contribution in [0.15, 0.2) is 9.05 Å². The Morgan fingerprint density at radius 3 is 2.67 bits per heavy atom. The van der Waals surface area contributed by atoms with Crippen molar-refractivity contribution in [3.8, 4) is 0 Å². The van der Waals surface area contributed by atoms with E-state index >= 15 is 0 Å². The van der Waals surface area contributed by atoms with Gasteiger partial charge in [0, 0.05) is 5.92 Å². The maximum absolute atomic E-state index is 12.4. The molecule has 0 radical (unpaired) electrons. The van der Waals surface area contributed by atoms with Crippen molar-refractivity contribution < 1.29 is 22.2 Å². The maximum Gasteiger partial charge on any atom is 0.396 e. The molecule has 0 amide bonds. The molecule has 2 aromatic rings. The van der Waals surface area contributed by atoms with Gasteiger partial charge in [-0.2, -0.15) is 23.1 Å². The number of likely N-dealkylation sites (tertiary alicyclic amines) is 1. The highest BCUT2D eigenvalue weighted by molar-refractivity contribution is 5.05. The van der Waals surface area contributed by atoms with Gasteiger partial charge in [-0.05, 0) is 32.2 Å². The normalized spacial score (nSPS) is 22.4. The zero-order chi connectivity index (χ0) is 16.7. The van der Waals surface area contributed by atoms with Gasteiger partial charge in [0.15, 0.2) is 11.6 Å². The highest BCUT2D eigenvalue weighted by Gasteiger charge is 2.35. The zero-order valence-electron chi connectivity index (χ0n) is 12.8. The molecule has 24 heavy (non-hydrogen) atoms. The third kappa shape index (κ3) is 3.42. The number of nitrogens with zero attached hydrogens (tertiary/aromatic N) is 5. The second-order valence-corrected chi connectivity index (χ2v) is 6.29. The average molecular weight is 343 g/mol. The molecule has 7 nitrogen and oxygen atoms in total. The topological polar surface area (TPSA) is 81.1 Å². The third-order valence-electron chi connectivity index (χ3n) is 4.25. The smallest absolute Gasteiger partial charge is 0.339 e. The summed E-state index contributed by atoms with van der Waals surface area (Å²) in [5.41, 5.74) is 0. The molecule has 1 atom stereocenters. The van der Waals surface area contributed by atoms with E-state index in [1.807, 2.05) is 4.90 Å². The second-order valence-electron chi connectivity index (χ2n) is 6.29. The predicted octanol–water partition coefficient (Wildman–Crippen LogP) is 2.77. The molecule has 1 saturated carbocycles. The minimum absolute atomic E-state index is 0.0285. The van der Waals surface area contributed by atoms with Crippen LogP contribution in [-0.2, 0) is 13.0 Å². The lowest BCUT2D eigenvalue weighted by Gasteiger charge is -2.19. The van der Waals surface area contributed by atoms with Crippen LogP contribution < -0.4 is 0 Å². The first kappa shape index (κ1) is 15.6. The van der Waals surface area contributed by atoms with Crippen LogP contribution in [0.3, 0.4) is 0 Å². The second kappa shape index (κ2) is 5.83. The van der Waals surface area contributed by atoms with Gasteiger partial charge in [0.25, 0.3) is 0 Å². The Kier molecular flexibility index (Phi) is 3.78. The standard InChI is InChI=1S/C14H16F3N5O2/c15-14(16,17)6-10-18-11(23-20-10)7-22-5-1-2-9(22)12-19-13(24-21-12)8-3-4-8/h8-9H,1-7H2. The molecular weight excluding hydrogens is 327 g/mol. The van der Waals surface area contributed by atoms with Crippen LogP contribution in [0.4, 0.5) is 13.2 Å². The number of hydrogen-bond acceptors (Lipinski definition) is 7. The van der Waals surface area contributed by atoms with E-state index < -0.39 is 12.6 Å². The Hall–Kier alpha value is -1.97. The predicted molar refractivity (Wildman–Crippen MR) is 72.7 cm³/mol. The quantitative estimate of drug-likeness (QED) is 0.825. The van der Waals surface area contributed by atoms with Crippen molar-refractivity contribution in [1.29, 1.82) is 0 Å². The molecule has 2 aromatic heterocycles. The fourth-order valence-corrected chi connectivity index (χ4v) is 2.97. The van der Waals surface area contributed by atoms with Crippen molar-refractivity contribution in [3.05, 3.63) is 23.4 Å². The molecule has 4 rings (SSSR count). The van der Waals surface area contributed by atoms with Crippen molar-refractivity contribution in [2.45, 2.75) is 56.8 Å². The summed E-state index contributed by atoms with van der Waals surface area (Å²) in [7, 11) is 0. The fourth-order valence-electron chi connectivity index (χ4n) is 2.97. The van der Waals surface area contributed by atoms with Gasteiger partial charge in [-0.15, -0.1) is 0 Å². The van der Waals surface area contributed by atoms with Crippen LogP contribution in [0.2, 0.25) is 0 Å². The summed E-state index contributed by atoms with van der Waals surface area (Å²) in [4.78, 5) is 10.3. The number of aromatic nitrogens is 4. The van der Waals surface area contributed by atoms with Crippen molar-refractivity contribution in [1.82, 2.24) is 25.2 Å². The zero-order valence-corrected chi connectivity index (χ0v) is 12.8. The Morgan fingerprint density at radius 2 is 1.92 bits per heavy atom. The van der Waals surface area contributed by atoms with Crippen molar-refractivity contribution in [2.24, 2.45) is 0 Å². The molecule has 1 aliphatic carbocycles. The van der Waals surface area contributed by atoms with Crippen molar-refractivity contribution in [3.63, 3.8) is 0 Å². The molecule has 130 valence electrons. The first-order valence-electron chi connectivity index (χ1n) is 7.94. The number of alkyl halides is 3. The molecule has 1 aliphatic heterocycles. The van der Waals surface area contributed by atoms with Crippen molar-refractivity contribution in [2.75, 3.05) is 6.54 Å². The van der Waals surface area contributed by atoms with E-state index in [0.717, 1.165) is 32.2 Å². The van der Waals surface area contributed by atoms with Gasteiger partial charge in [-0.1, -0.05) is 10.3 Å². The average Bonchev–Trinajstić information content (AvgIpc) is 2.91. The van der Waals surface area contributed by atoms with Crippen LogP contribution in [0, 0.1) is 0 Å². The summed E-state index contributed by atoms with van der Waals surface area (Å²) in [6, 6.07) is -0.0285. The molecule has 0 bridgehead atoms. The minimum atomic E-state index is -4.35. The molecule has 1 saturated heterocycles. The fraction of sp³-hybridized carbons (Fsp3) is 0.714. The first-order valence-corrected chi connectivity index (χ1v) is 7.94. The molecular formula is C14H16F3N5O2. The summed E-state index contributed by atoms with van der Waals surface area (Å²) in [6.45, 7) is 1.05. The van der Waals surface area contributed by atoms with Crippen LogP contribution in [0.25, 0.3) is 0 Å². The summed E-state index contributed by atoms with van der Waals surface area (Å²) in [5, 5.41) is 7.46. The first-order chi connectivity index (χ1) is 11.5. The SMILES string of the molecule is FC(F)(F)Cc1noc(CN2CCCC2c2noc(C3CC3)n2)n1. The Balaban J connectivity index is 1.43. The van der Waals surface area contributed by atoms with E-state index in [-0.39, 0.29) is 24.3 Å². The van der Waals surface area contributed by atoms with Gasteiger partial charge in [0.1, 0.15) is 6.42 Å². The highest BCUT2D eigenvalue weighted by Crippen LogP contribution is 2.40. The van der Waals surface area contributed by atoms with E-state index in [4.69, 9.17) is 9.05 Å². The molecule has 1 unspecified atom stereocenters. The number of rotatable bonds is 5. The van der Waals surface area contributed by atoms with Gasteiger partial charge in [-0.25, -0.2) is 0 Å². The summed E-state index contributed by atoms with van der Waals surface area (Å²) >= 11 is 0. The number of hydrogen-bond donors (Lipinski definition) is 0. The lowest BCUT2D eigenvalue weighted by atomic mass is 10.2. The van der Waals surface area contributed by atoms with Crippen LogP contribution in [-0.4, -0.2) is 37.9 Å². The molecule has 0 aromatic carbocycles. The van der Waals surface area contributed by atoms with Crippen molar-refractivity contribution >= 4 is 0 Å². The van der Waals surface area contributed by atoms with Crippen LogP contribution in [0.5, 0.6) is 0 Å². The Bertz CT molecular complexity index is 709. The van der Waals surface area contributed by atoms with Gasteiger partial charge >= 0.3 is 6.18 Å². The molecule has 10 heteroatoms. The highest BCUT2D eigenvalue weighted by atomic mass is 19.4. The largest absolute Gasteiger partial charge is 0.396 e. The lowest BCUT2D eigenvalue weighted by molar-refractivity contribution is -0.128. The third-order valence-corrected chi connectivity index (χ3v) is 4.25. The van der Waals surface area contributed by atoms with Gasteiger partial charge in [-0.3, -0.25) is 4.90 Å². The maximum atomic E-state index is 12.4. The van der Waals surface area contributed by atoms with E-state index in [9.17, 15) is 13.2 Å². The molecule has 0 spiro atoms. The van der Waals surface area contributed by atoms with E-state index in [0.29, 0.717) is 17.6 Å². The van der Waals surface area contributed by atoms with Crippen LogP contribution >= 0.6 is 0 Å². The molecule has 2 fully saturated rings. The van der Waals surface area contributed by atoms with Gasteiger partial charge in [0.2, 0.25) is 11.8 Å². The number of halogens is 3. The van der Waals surface area contributed by atoms with Gasteiger partial charge < -0.3 is 9.05 Å². The monoisotopic (exact) mass is 343 g/mol. The summed E-state index contributed by atoms with van der Waals surface area (Å²) < 4.78 is 47.3. The summed E-state index contributed by atoms with van der Waals surface area (Å²) in [6.07, 6.45) is -1.55. The van der Waals surface area contributed by atoms with E-state index in [1.54, 1.807) is 0 Å². The van der Waals surface area contributed by atoms with E-state index in [1.165, 1.54) is 0 Å². The molecule has 2 aliphatic rings. The minimum Gasteiger partial charge on any atom is -0.339 e. The van der Waals surface area contributed by atoms with Crippen LogP contribution in [0.1, 0.15) is 61.1 Å². The molecule has 3 heterocycles. The van der Waals surface area contributed by atoms with E-state index in [2.05, 4.69) is 20.3 Å². The lowest BCUT2D eigenvalue weighted by Crippen LogP contribution is -2.24. The Morgan fingerprint density at radius 1 is 1.08 bits per heavy atom. The molecule has 0 N–H and O–H groups in total. The Labute approximate surface area is 135 Å².